The molecule has 5 heteroatoms. The summed E-state index contributed by atoms with van der Waals surface area (Å²) in [6.45, 7) is 1.74. The van der Waals surface area contributed by atoms with Crippen molar-refractivity contribution >= 4 is 15.6 Å². The number of hydrogen-bond acceptors (Lipinski definition) is 3. The summed E-state index contributed by atoms with van der Waals surface area (Å²) in [5, 5.41) is 0. The number of ketones is 1. The van der Waals surface area contributed by atoms with E-state index in [1.165, 1.54) is 42.5 Å². The lowest BCUT2D eigenvalue weighted by molar-refractivity contribution is 0.0988. The van der Waals surface area contributed by atoms with Crippen LogP contribution in [0.15, 0.2) is 47.4 Å². The Morgan fingerprint density at radius 3 is 2.24 bits per heavy atom. The zero-order valence-electron chi connectivity index (χ0n) is 11.8. The lowest BCUT2D eigenvalue weighted by Gasteiger charge is -2.10. The fourth-order valence-electron chi connectivity index (χ4n) is 2.06. The number of halogens is 1. The zero-order chi connectivity index (χ0) is 15.6. The summed E-state index contributed by atoms with van der Waals surface area (Å²) in [6, 6.07) is 10.0. The number of Topliss-reactive ketones (excluding diaryl/α,β-unsaturated/α-hetero) is 1. The first-order valence-corrected chi connectivity index (χ1v) is 8.35. The minimum absolute atomic E-state index is 0.0885. The van der Waals surface area contributed by atoms with Gasteiger partial charge in [-0.05, 0) is 41.5 Å². The molecule has 21 heavy (non-hydrogen) atoms. The van der Waals surface area contributed by atoms with Crippen LogP contribution in [0.2, 0.25) is 0 Å². The van der Waals surface area contributed by atoms with Crippen molar-refractivity contribution in [2.45, 2.75) is 18.2 Å². The number of hydrogen-bond donors (Lipinski definition) is 0. The van der Waals surface area contributed by atoms with Gasteiger partial charge in [-0.3, -0.25) is 4.79 Å². The molecule has 0 fully saturated rings. The maximum atomic E-state index is 13.0. The monoisotopic (exact) mass is 306 g/mol. The minimum atomic E-state index is -3.38. The molecule has 2 aromatic rings. The number of carbonyl (C=O) groups excluding carboxylic acids is 1. The predicted molar refractivity (Wildman–Crippen MR) is 79.6 cm³/mol. The van der Waals surface area contributed by atoms with Gasteiger partial charge in [0.15, 0.2) is 15.6 Å². The first-order valence-electron chi connectivity index (χ1n) is 6.46. The lowest BCUT2D eigenvalue weighted by atomic mass is 9.96. The Labute approximate surface area is 123 Å². The summed E-state index contributed by atoms with van der Waals surface area (Å²) in [5.41, 5.74) is 1.56. The molecular formula is C16H15FO3S. The average Bonchev–Trinajstić information content (AvgIpc) is 2.45. The van der Waals surface area contributed by atoms with Crippen molar-refractivity contribution in [3.8, 4) is 11.1 Å². The van der Waals surface area contributed by atoms with E-state index in [9.17, 15) is 17.6 Å². The first kappa shape index (κ1) is 15.4. The van der Waals surface area contributed by atoms with E-state index in [4.69, 9.17) is 0 Å². The summed E-state index contributed by atoms with van der Waals surface area (Å²) >= 11 is 0. The van der Waals surface area contributed by atoms with Crippen LogP contribution in [0.1, 0.15) is 23.7 Å². The minimum Gasteiger partial charge on any atom is -0.294 e. The molecule has 0 saturated heterocycles. The van der Waals surface area contributed by atoms with Gasteiger partial charge >= 0.3 is 0 Å². The summed E-state index contributed by atoms with van der Waals surface area (Å²) in [7, 11) is -3.38. The molecule has 0 atom stereocenters. The van der Waals surface area contributed by atoms with Crippen LogP contribution in [0.3, 0.4) is 0 Å². The van der Waals surface area contributed by atoms with E-state index in [1.54, 1.807) is 6.92 Å². The van der Waals surface area contributed by atoms with Crippen LogP contribution in [0.4, 0.5) is 4.39 Å². The summed E-state index contributed by atoms with van der Waals surface area (Å²) < 4.78 is 36.4. The molecule has 0 aromatic heterocycles. The second-order valence-corrected chi connectivity index (χ2v) is 6.78. The molecule has 0 heterocycles. The van der Waals surface area contributed by atoms with Crippen LogP contribution in [0.25, 0.3) is 11.1 Å². The van der Waals surface area contributed by atoms with E-state index in [0.717, 1.165) is 6.26 Å². The van der Waals surface area contributed by atoms with Gasteiger partial charge in [0.2, 0.25) is 0 Å². The fraction of sp³-hybridized carbons (Fsp3) is 0.188. The highest BCUT2D eigenvalue weighted by Crippen LogP contribution is 2.28. The van der Waals surface area contributed by atoms with Gasteiger partial charge in [-0.2, -0.15) is 0 Å². The molecule has 3 nitrogen and oxygen atoms in total. The van der Waals surface area contributed by atoms with Gasteiger partial charge in [0.25, 0.3) is 0 Å². The Morgan fingerprint density at radius 2 is 1.71 bits per heavy atom. The Balaban J connectivity index is 2.69. The molecule has 0 unspecified atom stereocenters. The van der Waals surface area contributed by atoms with E-state index in [2.05, 4.69) is 0 Å². The number of benzene rings is 2. The zero-order valence-corrected chi connectivity index (χ0v) is 12.6. The fourth-order valence-corrected chi connectivity index (χ4v) is 2.70. The van der Waals surface area contributed by atoms with Crippen molar-refractivity contribution in [2.24, 2.45) is 0 Å². The number of sulfone groups is 1. The van der Waals surface area contributed by atoms with Crippen LogP contribution >= 0.6 is 0 Å². The molecule has 0 aliphatic rings. The summed E-state index contributed by atoms with van der Waals surface area (Å²) in [4.78, 5) is 12.1. The third-order valence-electron chi connectivity index (χ3n) is 3.20. The molecule has 0 saturated carbocycles. The average molecular weight is 306 g/mol. The van der Waals surface area contributed by atoms with Gasteiger partial charge < -0.3 is 0 Å². The van der Waals surface area contributed by atoms with Gasteiger partial charge in [-0.25, -0.2) is 12.8 Å². The highest BCUT2D eigenvalue weighted by Gasteiger charge is 2.16. The predicted octanol–water partition coefficient (Wildman–Crippen LogP) is 3.49. The highest BCUT2D eigenvalue weighted by atomic mass is 32.2. The lowest BCUT2D eigenvalue weighted by Crippen LogP contribution is -2.03. The van der Waals surface area contributed by atoms with Crippen LogP contribution < -0.4 is 0 Å². The summed E-state index contributed by atoms with van der Waals surface area (Å²) in [5.74, 6) is -0.476. The third kappa shape index (κ3) is 3.36. The van der Waals surface area contributed by atoms with E-state index in [0.29, 0.717) is 23.1 Å². The molecule has 0 bridgehead atoms. The largest absolute Gasteiger partial charge is 0.294 e. The van der Waals surface area contributed by atoms with Gasteiger partial charge in [0, 0.05) is 18.2 Å². The SMILES string of the molecule is CCC(=O)c1ccc(S(C)(=O)=O)cc1-c1ccc(F)cc1. The smallest absolute Gasteiger partial charge is 0.175 e. The van der Waals surface area contributed by atoms with E-state index >= 15 is 0 Å². The Bertz CT molecular complexity index is 778. The second kappa shape index (κ2) is 5.77. The molecule has 0 radical (unpaired) electrons. The highest BCUT2D eigenvalue weighted by molar-refractivity contribution is 7.90. The Morgan fingerprint density at radius 1 is 1.10 bits per heavy atom. The quantitative estimate of drug-likeness (QED) is 0.812. The Kier molecular flexibility index (Phi) is 4.23. The molecule has 110 valence electrons. The third-order valence-corrected chi connectivity index (χ3v) is 4.31. The van der Waals surface area contributed by atoms with Crippen molar-refractivity contribution in [3.63, 3.8) is 0 Å². The standard InChI is InChI=1S/C16H15FO3S/c1-3-16(18)14-9-8-13(21(2,19)20)10-15(14)11-4-6-12(17)7-5-11/h4-10H,3H2,1-2H3. The van der Waals surface area contributed by atoms with Crippen molar-refractivity contribution in [3.05, 3.63) is 53.8 Å². The topological polar surface area (TPSA) is 51.2 Å². The van der Waals surface area contributed by atoms with Gasteiger partial charge in [0.1, 0.15) is 5.82 Å². The van der Waals surface area contributed by atoms with Crippen LogP contribution in [0, 0.1) is 5.82 Å². The van der Waals surface area contributed by atoms with Crippen molar-refractivity contribution < 1.29 is 17.6 Å². The van der Waals surface area contributed by atoms with Gasteiger partial charge in [-0.15, -0.1) is 0 Å². The normalized spacial score (nSPS) is 11.4. The van der Waals surface area contributed by atoms with E-state index in [-0.39, 0.29) is 16.5 Å². The summed E-state index contributed by atoms with van der Waals surface area (Å²) in [6.07, 6.45) is 1.42. The Hall–Kier alpha value is -2.01. The molecule has 0 aliphatic carbocycles. The molecule has 0 aliphatic heterocycles. The molecule has 0 N–H and O–H groups in total. The molecule has 2 rings (SSSR count). The van der Waals surface area contributed by atoms with Crippen molar-refractivity contribution in [2.75, 3.05) is 6.26 Å². The van der Waals surface area contributed by atoms with Crippen molar-refractivity contribution in [1.82, 2.24) is 0 Å². The molecule has 0 spiro atoms. The number of rotatable bonds is 4. The molecular weight excluding hydrogens is 291 g/mol. The van der Waals surface area contributed by atoms with E-state index in [1.807, 2.05) is 0 Å². The second-order valence-electron chi connectivity index (χ2n) is 4.76. The molecule has 0 amide bonds. The molecule has 2 aromatic carbocycles. The van der Waals surface area contributed by atoms with Gasteiger partial charge in [0.05, 0.1) is 4.90 Å². The first-order chi connectivity index (χ1) is 9.82. The van der Waals surface area contributed by atoms with E-state index < -0.39 is 9.84 Å². The maximum Gasteiger partial charge on any atom is 0.175 e. The number of carbonyl (C=O) groups is 1. The maximum absolute atomic E-state index is 13.0. The van der Waals surface area contributed by atoms with Crippen LogP contribution in [-0.4, -0.2) is 20.5 Å². The van der Waals surface area contributed by atoms with Crippen molar-refractivity contribution in [1.29, 1.82) is 0 Å². The van der Waals surface area contributed by atoms with Crippen LogP contribution in [-0.2, 0) is 9.84 Å². The van der Waals surface area contributed by atoms with Gasteiger partial charge in [-0.1, -0.05) is 19.1 Å². The van der Waals surface area contributed by atoms with Crippen LogP contribution in [0.5, 0.6) is 0 Å².